The number of benzene rings is 1. The lowest BCUT2D eigenvalue weighted by molar-refractivity contribution is 0.408. The molecule has 26 heavy (non-hydrogen) atoms. The van der Waals surface area contributed by atoms with Gasteiger partial charge in [0, 0.05) is 28.6 Å². The predicted octanol–water partition coefficient (Wildman–Crippen LogP) is 5.39. The number of furan rings is 1. The molecule has 0 spiro atoms. The predicted molar refractivity (Wildman–Crippen MR) is 106 cm³/mol. The molecule has 0 amide bonds. The van der Waals surface area contributed by atoms with Gasteiger partial charge in [-0.2, -0.15) is 4.31 Å². The number of aryl methyl sites for hydroxylation is 1. The summed E-state index contributed by atoms with van der Waals surface area (Å²) in [5, 5.41) is 2.53. The number of sulfonamides is 1. The number of hydrogen-bond donors (Lipinski definition) is 0. The van der Waals surface area contributed by atoms with Crippen LogP contribution >= 0.6 is 34.5 Å². The van der Waals surface area contributed by atoms with Gasteiger partial charge in [0.05, 0.1) is 17.5 Å². The lowest BCUT2D eigenvalue weighted by Gasteiger charge is -2.22. The maximum absolute atomic E-state index is 13.3. The van der Waals surface area contributed by atoms with E-state index in [0.717, 1.165) is 10.4 Å². The molecule has 0 bridgehead atoms. The third kappa shape index (κ3) is 4.32. The standard InChI is InChI=1S/C18H17Cl2NO3S2/c1-13-9-18(17(20)10-16(13)19)26(22,23)21(11-14-5-7-24-12-14)6-4-15-3-2-8-25-15/h2-3,5,7-10,12H,4,6,11H2,1H3. The maximum atomic E-state index is 13.3. The van der Waals surface area contributed by atoms with Crippen molar-refractivity contribution in [3.63, 3.8) is 0 Å². The van der Waals surface area contributed by atoms with E-state index in [9.17, 15) is 8.42 Å². The van der Waals surface area contributed by atoms with Gasteiger partial charge in [0.2, 0.25) is 10.0 Å². The van der Waals surface area contributed by atoms with Crippen LogP contribution in [-0.2, 0) is 23.0 Å². The molecule has 138 valence electrons. The average molecular weight is 430 g/mol. The Morgan fingerprint density at radius 2 is 2.00 bits per heavy atom. The van der Waals surface area contributed by atoms with Gasteiger partial charge in [0.15, 0.2) is 0 Å². The smallest absolute Gasteiger partial charge is 0.244 e. The fourth-order valence-corrected chi connectivity index (χ4v) is 5.46. The van der Waals surface area contributed by atoms with Gasteiger partial charge in [0.1, 0.15) is 4.90 Å². The molecule has 0 saturated heterocycles. The lowest BCUT2D eigenvalue weighted by Crippen LogP contribution is -2.32. The summed E-state index contributed by atoms with van der Waals surface area (Å²) in [4.78, 5) is 1.19. The first kappa shape index (κ1) is 19.5. The van der Waals surface area contributed by atoms with Crippen molar-refractivity contribution < 1.29 is 12.8 Å². The van der Waals surface area contributed by atoms with E-state index in [-0.39, 0.29) is 16.5 Å². The molecule has 4 nitrogen and oxygen atoms in total. The number of nitrogens with zero attached hydrogens (tertiary/aromatic N) is 1. The first-order valence-corrected chi connectivity index (χ1v) is 10.9. The first-order chi connectivity index (χ1) is 12.4. The van der Waals surface area contributed by atoms with Gasteiger partial charge >= 0.3 is 0 Å². The molecule has 3 rings (SSSR count). The highest BCUT2D eigenvalue weighted by atomic mass is 35.5. The summed E-state index contributed by atoms with van der Waals surface area (Å²) >= 11 is 13.9. The Morgan fingerprint density at radius 3 is 2.65 bits per heavy atom. The molecule has 0 saturated carbocycles. The van der Waals surface area contributed by atoms with Crippen LogP contribution in [0.15, 0.2) is 57.6 Å². The summed E-state index contributed by atoms with van der Waals surface area (Å²) in [6, 6.07) is 8.69. The molecular weight excluding hydrogens is 413 g/mol. The number of halogens is 2. The Labute approximate surface area is 167 Å². The second-order valence-electron chi connectivity index (χ2n) is 5.83. The van der Waals surface area contributed by atoms with Crippen LogP contribution in [0, 0.1) is 6.92 Å². The number of hydrogen-bond acceptors (Lipinski definition) is 4. The van der Waals surface area contributed by atoms with E-state index < -0.39 is 10.0 Å². The molecule has 1 aromatic carbocycles. The lowest BCUT2D eigenvalue weighted by atomic mass is 10.2. The number of thiophene rings is 1. The minimum atomic E-state index is -3.79. The van der Waals surface area contributed by atoms with E-state index in [1.54, 1.807) is 30.6 Å². The number of rotatable bonds is 7. The monoisotopic (exact) mass is 429 g/mol. The summed E-state index contributed by atoms with van der Waals surface area (Å²) in [7, 11) is -3.79. The zero-order valence-electron chi connectivity index (χ0n) is 14.0. The topological polar surface area (TPSA) is 50.5 Å². The fraction of sp³-hybridized carbons (Fsp3) is 0.222. The zero-order chi connectivity index (χ0) is 18.7. The van der Waals surface area contributed by atoms with Crippen LogP contribution in [0.2, 0.25) is 10.0 Å². The molecule has 0 aliphatic rings. The van der Waals surface area contributed by atoms with Crippen molar-refractivity contribution in [1.82, 2.24) is 4.31 Å². The van der Waals surface area contributed by atoms with Crippen LogP contribution in [0.5, 0.6) is 0 Å². The van der Waals surface area contributed by atoms with Crippen molar-refractivity contribution in [3.05, 3.63) is 74.3 Å². The van der Waals surface area contributed by atoms with E-state index >= 15 is 0 Å². The average Bonchev–Trinajstić information content (AvgIpc) is 3.28. The molecule has 3 aromatic rings. The third-order valence-corrected chi connectivity index (χ3v) is 7.61. The van der Waals surface area contributed by atoms with Crippen molar-refractivity contribution in [2.24, 2.45) is 0 Å². The molecule has 0 atom stereocenters. The minimum Gasteiger partial charge on any atom is -0.472 e. The van der Waals surface area contributed by atoms with Crippen molar-refractivity contribution in [2.75, 3.05) is 6.54 Å². The molecule has 0 unspecified atom stereocenters. The molecule has 2 heterocycles. The van der Waals surface area contributed by atoms with Crippen LogP contribution in [0.3, 0.4) is 0 Å². The quantitative estimate of drug-likeness (QED) is 0.505. The molecule has 2 aromatic heterocycles. The SMILES string of the molecule is Cc1cc(S(=O)(=O)N(CCc2cccs2)Cc2ccoc2)c(Cl)cc1Cl. The largest absolute Gasteiger partial charge is 0.472 e. The van der Waals surface area contributed by atoms with Crippen LogP contribution in [-0.4, -0.2) is 19.3 Å². The summed E-state index contributed by atoms with van der Waals surface area (Å²) < 4.78 is 33.0. The van der Waals surface area contributed by atoms with E-state index in [0.29, 0.717) is 23.6 Å². The highest BCUT2D eigenvalue weighted by Crippen LogP contribution is 2.31. The van der Waals surface area contributed by atoms with Gasteiger partial charge in [-0.05, 0) is 48.6 Å². The Morgan fingerprint density at radius 1 is 1.19 bits per heavy atom. The van der Waals surface area contributed by atoms with E-state index in [1.807, 2.05) is 17.5 Å². The molecule has 0 fully saturated rings. The Kier molecular flexibility index (Phi) is 6.10. The normalized spacial score (nSPS) is 12.0. The molecular formula is C18H17Cl2NO3S2. The Hall–Kier alpha value is -1.31. The van der Waals surface area contributed by atoms with Gasteiger partial charge in [-0.1, -0.05) is 29.3 Å². The molecule has 0 radical (unpaired) electrons. The molecule has 0 aliphatic heterocycles. The second kappa shape index (κ2) is 8.15. The molecule has 8 heteroatoms. The van der Waals surface area contributed by atoms with Gasteiger partial charge in [-0.15, -0.1) is 11.3 Å². The van der Waals surface area contributed by atoms with Crippen LogP contribution in [0.1, 0.15) is 16.0 Å². The van der Waals surface area contributed by atoms with Crippen molar-refractivity contribution in [3.8, 4) is 0 Å². The van der Waals surface area contributed by atoms with Crippen molar-refractivity contribution in [2.45, 2.75) is 24.8 Å². The van der Waals surface area contributed by atoms with E-state index in [2.05, 4.69) is 0 Å². The van der Waals surface area contributed by atoms with Gasteiger partial charge in [-0.25, -0.2) is 8.42 Å². The molecule has 0 aliphatic carbocycles. The summed E-state index contributed by atoms with van der Waals surface area (Å²) in [6.45, 7) is 2.30. The Bertz CT molecular complexity index is 968. The summed E-state index contributed by atoms with van der Waals surface area (Å²) in [5.74, 6) is 0. The van der Waals surface area contributed by atoms with Crippen LogP contribution in [0.25, 0.3) is 0 Å². The summed E-state index contributed by atoms with van der Waals surface area (Å²) in [6.07, 6.45) is 3.69. The first-order valence-electron chi connectivity index (χ1n) is 7.87. The van der Waals surface area contributed by atoms with Crippen molar-refractivity contribution in [1.29, 1.82) is 0 Å². The second-order valence-corrected chi connectivity index (χ2v) is 9.58. The van der Waals surface area contributed by atoms with Gasteiger partial charge in [0.25, 0.3) is 0 Å². The molecule has 0 N–H and O–H groups in total. The van der Waals surface area contributed by atoms with E-state index in [1.165, 1.54) is 22.7 Å². The summed E-state index contributed by atoms with van der Waals surface area (Å²) in [5.41, 5.74) is 1.44. The minimum absolute atomic E-state index is 0.0655. The highest BCUT2D eigenvalue weighted by molar-refractivity contribution is 7.89. The highest BCUT2D eigenvalue weighted by Gasteiger charge is 2.28. The third-order valence-electron chi connectivity index (χ3n) is 3.96. The van der Waals surface area contributed by atoms with E-state index in [4.69, 9.17) is 27.6 Å². The van der Waals surface area contributed by atoms with Gasteiger partial charge in [-0.3, -0.25) is 0 Å². The van der Waals surface area contributed by atoms with Crippen LogP contribution < -0.4 is 0 Å². The fourth-order valence-electron chi connectivity index (χ4n) is 2.53. The van der Waals surface area contributed by atoms with Gasteiger partial charge < -0.3 is 4.42 Å². The maximum Gasteiger partial charge on any atom is 0.244 e. The van der Waals surface area contributed by atoms with Crippen molar-refractivity contribution >= 4 is 44.6 Å². The van der Waals surface area contributed by atoms with Crippen LogP contribution in [0.4, 0.5) is 0 Å². The Balaban J connectivity index is 1.94. The zero-order valence-corrected chi connectivity index (χ0v) is 17.1.